The second kappa shape index (κ2) is 9.72. The largest absolute Gasteiger partial charge is 0.389 e. The zero-order valence-corrected chi connectivity index (χ0v) is 21.1. The van der Waals surface area contributed by atoms with Gasteiger partial charge in [-0.3, -0.25) is 9.10 Å². The third-order valence-corrected chi connectivity index (χ3v) is 8.31. The van der Waals surface area contributed by atoms with Crippen LogP contribution in [0.25, 0.3) is 21.8 Å². The van der Waals surface area contributed by atoms with Crippen molar-refractivity contribution in [3.05, 3.63) is 108 Å². The maximum Gasteiger partial charge on any atom is 0.264 e. The summed E-state index contributed by atoms with van der Waals surface area (Å²) in [5, 5.41) is 13.4. The van der Waals surface area contributed by atoms with Crippen LogP contribution in [0, 0.1) is 6.92 Å². The molecule has 0 saturated heterocycles. The number of carbonyl (C=O) groups excluding carboxylic acids is 1. The summed E-state index contributed by atoms with van der Waals surface area (Å²) in [6, 6.07) is 28.5. The molecule has 0 aliphatic heterocycles. The van der Waals surface area contributed by atoms with E-state index in [1.54, 1.807) is 24.3 Å². The van der Waals surface area contributed by atoms with Gasteiger partial charge in [0.1, 0.15) is 0 Å². The molecule has 1 heterocycles. The van der Waals surface area contributed by atoms with Gasteiger partial charge >= 0.3 is 0 Å². The highest BCUT2D eigenvalue weighted by atomic mass is 32.2. The summed E-state index contributed by atoms with van der Waals surface area (Å²) >= 11 is 0. The summed E-state index contributed by atoms with van der Waals surface area (Å²) in [5.74, 6) is -0.606. The molecule has 1 aromatic heterocycles. The number of amides is 1. The first-order valence-corrected chi connectivity index (χ1v) is 13.3. The van der Waals surface area contributed by atoms with Gasteiger partial charge in [-0.2, -0.15) is 0 Å². The zero-order valence-electron chi connectivity index (χ0n) is 20.3. The van der Waals surface area contributed by atoms with Crippen LogP contribution < -0.4 is 10.0 Å². The van der Waals surface area contributed by atoms with Crippen molar-refractivity contribution in [1.29, 1.82) is 0 Å². The van der Waals surface area contributed by atoms with Crippen LogP contribution in [0.3, 0.4) is 0 Å². The smallest absolute Gasteiger partial charge is 0.264 e. The molecule has 4 aromatic carbocycles. The average Bonchev–Trinajstić information content (AvgIpc) is 3.21. The molecule has 188 valence electrons. The number of rotatable bonds is 8. The van der Waals surface area contributed by atoms with Gasteiger partial charge < -0.3 is 15.4 Å². The first kappa shape index (κ1) is 24.5. The number of para-hydroxylation sites is 2. The molecule has 3 N–H and O–H groups in total. The van der Waals surface area contributed by atoms with Crippen molar-refractivity contribution in [3.8, 4) is 0 Å². The maximum absolute atomic E-state index is 13.7. The van der Waals surface area contributed by atoms with Gasteiger partial charge in [0.05, 0.1) is 29.8 Å². The molecule has 0 aliphatic rings. The van der Waals surface area contributed by atoms with E-state index >= 15 is 0 Å². The Kier molecular flexibility index (Phi) is 6.45. The lowest BCUT2D eigenvalue weighted by Crippen LogP contribution is -2.39. The summed E-state index contributed by atoms with van der Waals surface area (Å²) in [6.45, 7) is 1.88. The molecule has 1 atom stereocenters. The van der Waals surface area contributed by atoms with Crippen molar-refractivity contribution in [2.45, 2.75) is 24.5 Å². The van der Waals surface area contributed by atoms with E-state index in [1.807, 2.05) is 60.0 Å². The minimum atomic E-state index is -4.02. The van der Waals surface area contributed by atoms with Gasteiger partial charge in [0.2, 0.25) is 5.91 Å². The number of hydrogen-bond donors (Lipinski definition) is 2. The predicted molar refractivity (Wildman–Crippen MR) is 146 cm³/mol. The Balaban J connectivity index is 1.53. The molecular formula is C29H27N3O4S. The van der Waals surface area contributed by atoms with Crippen LogP contribution in [0.1, 0.15) is 15.9 Å². The monoisotopic (exact) mass is 513 g/mol. The molecule has 37 heavy (non-hydrogen) atoms. The highest BCUT2D eigenvalue weighted by Crippen LogP contribution is 2.30. The second-order valence-electron chi connectivity index (χ2n) is 9.06. The van der Waals surface area contributed by atoms with E-state index in [0.29, 0.717) is 5.69 Å². The molecule has 5 rings (SSSR count). The lowest BCUT2D eigenvalue weighted by Gasteiger charge is -2.27. The van der Waals surface area contributed by atoms with Gasteiger partial charge in [0.15, 0.2) is 0 Å². The lowest BCUT2D eigenvalue weighted by atomic mass is 10.2. The fraction of sp³-hybridized carbons (Fsp3) is 0.138. The molecule has 7 nitrogen and oxygen atoms in total. The van der Waals surface area contributed by atoms with Crippen molar-refractivity contribution in [1.82, 2.24) is 4.57 Å². The molecule has 0 fully saturated rings. The fourth-order valence-corrected chi connectivity index (χ4v) is 6.13. The minimum Gasteiger partial charge on any atom is -0.389 e. The molecule has 0 bridgehead atoms. The third kappa shape index (κ3) is 4.69. The standard InChI is InChI=1S/C29H27N3O4S/c1-20-10-16-24(17-11-20)37(35,36)32(22-14-12-21(13-15-22)29(30)34)19-23(33)18-31-27-8-4-2-6-25(27)26-7-3-5-9-28(26)31/h2-17,23,33H,18-19H2,1H3,(H2,30,34). The lowest BCUT2D eigenvalue weighted by molar-refractivity contribution is 0.1000. The first-order valence-electron chi connectivity index (χ1n) is 11.9. The van der Waals surface area contributed by atoms with Gasteiger partial charge in [0, 0.05) is 27.4 Å². The van der Waals surface area contributed by atoms with Crippen LogP contribution in [0.2, 0.25) is 0 Å². The fourth-order valence-electron chi connectivity index (χ4n) is 4.63. The summed E-state index contributed by atoms with van der Waals surface area (Å²) in [4.78, 5) is 11.7. The molecule has 0 saturated carbocycles. The molecule has 1 unspecified atom stereocenters. The Labute approximate surface area is 215 Å². The van der Waals surface area contributed by atoms with Gasteiger partial charge in [-0.25, -0.2) is 8.42 Å². The summed E-state index contributed by atoms with van der Waals surface area (Å²) < 4.78 is 30.7. The van der Waals surface area contributed by atoms with Gasteiger partial charge in [-0.05, 0) is 55.5 Å². The quantitative estimate of drug-likeness (QED) is 0.320. The van der Waals surface area contributed by atoms with Crippen LogP contribution in [-0.4, -0.2) is 36.6 Å². The number of nitrogens with two attached hydrogens (primary N) is 1. The Morgan fingerprint density at radius 3 is 1.95 bits per heavy atom. The predicted octanol–water partition coefficient (Wildman–Crippen LogP) is 4.46. The minimum absolute atomic E-state index is 0.112. The van der Waals surface area contributed by atoms with Gasteiger partial charge in [-0.15, -0.1) is 0 Å². The number of aryl methyl sites for hydroxylation is 1. The van der Waals surface area contributed by atoms with E-state index in [0.717, 1.165) is 27.4 Å². The number of carbonyl (C=O) groups is 1. The molecular weight excluding hydrogens is 486 g/mol. The SMILES string of the molecule is Cc1ccc(S(=O)(=O)N(CC(O)Cn2c3ccccc3c3ccccc32)c2ccc(C(N)=O)cc2)cc1. The van der Waals surface area contributed by atoms with Gasteiger partial charge in [-0.1, -0.05) is 54.1 Å². The number of nitrogens with zero attached hydrogens (tertiary/aromatic N) is 2. The van der Waals surface area contributed by atoms with E-state index < -0.39 is 22.0 Å². The Bertz CT molecular complexity index is 1640. The van der Waals surface area contributed by atoms with E-state index in [1.165, 1.54) is 28.6 Å². The molecule has 1 amide bonds. The number of anilines is 1. The zero-order chi connectivity index (χ0) is 26.2. The summed E-state index contributed by atoms with van der Waals surface area (Å²) in [7, 11) is -4.02. The van der Waals surface area contributed by atoms with Gasteiger partial charge in [0.25, 0.3) is 10.0 Å². The Morgan fingerprint density at radius 1 is 0.865 bits per heavy atom. The van der Waals surface area contributed by atoms with Crippen molar-refractivity contribution in [2.24, 2.45) is 5.73 Å². The van der Waals surface area contributed by atoms with Crippen LogP contribution in [-0.2, 0) is 16.6 Å². The van der Waals surface area contributed by atoms with Crippen molar-refractivity contribution < 1.29 is 18.3 Å². The topological polar surface area (TPSA) is 106 Å². The van der Waals surface area contributed by atoms with Crippen LogP contribution in [0.5, 0.6) is 0 Å². The normalized spacial score (nSPS) is 12.6. The number of fused-ring (bicyclic) bond motifs is 3. The summed E-state index contributed by atoms with van der Waals surface area (Å²) in [6.07, 6.45) is -1.03. The number of aromatic nitrogens is 1. The third-order valence-electron chi connectivity index (χ3n) is 6.50. The highest BCUT2D eigenvalue weighted by Gasteiger charge is 2.28. The Morgan fingerprint density at radius 2 is 1.41 bits per heavy atom. The number of aliphatic hydroxyl groups is 1. The van der Waals surface area contributed by atoms with E-state index in [2.05, 4.69) is 0 Å². The number of benzene rings is 4. The summed E-state index contributed by atoms with van der Waals surface area (Å²) in [5.41, 5.74) is 8.81. The second-order valence-corrected chi connectivity index (χ2v) is 10.9. The highest BCUT2D eigenvalue weighted by molar-refractivity contribution is 7.92. The average molecular weight is 514 g/mol. The maximum atomic E-state index is 13.7. The molecule has 0 aliphatic carbocycles. The van der Waals surface area contributed by atoms with Crippen molar-refractivity contribution in [2.75, 3.05) is 10.8 Å². The number of hydrogen-bond acceptors (Lipinski definition) is 4. The van der Waals surface area contributed by atoms with E-state index in [9.17, 15) is 18.3 Å². The van der Waals surface area contributed by atoms with Crippen molar-refractivity contribution in [3.63, 3.8) is 0 Å². The van der Waals surface area contributed by atoms with Crippen LogP contribution in [0.4, 0.5) is 5.69 Å². The van der Waals surface area contributed by atoms with Crippen LogP contribution >= 0.6 is 0 Å². The van der Waals surface area contributed by atoms with Crippen LogP contribution in [0.15, 0.2) is 102 Å². The molecule has 0 radical (unpaired) electrons. The molecule has 0 spiro atoms. The number of sulfonamides is 1. The van der Waals surface area contributed by atoms with E-state index in [4.69, 9.17) is 5.73 Å². The van der Waals surface area contributed by atoms with Crippen molar-refractivity contribution >= 4 is 43.4 Å². The molecule has 5 aromatic rings. The molecule has 8 heteroatoms. The number of primary amides is 1. The number of aliphatic hydroxyl groups excluding tert-OH is 1. The first-order chi connectivity index (χ1) is 17.8. The van der Waals surface area contributed by atoms with E-state index in [-0.39, 0.29) is 23.5 Å². The Hall–Kier alpha value is -4.14.